The number of ether oxygens (including phenoxy) is 2. The molecule has 7 heteroatoms. The first-order chi connectivity index (χ1) is 14.3. The number of likely N-dealkylation sites (N-methyl/N-ethyl adjacent to an activating group) is 1. The van der Waals surface area contributed by atoms with Crippen LogP contribution in [0.5, 0.6) is 0 Å². The number of carbonyl (C=O) groups excluding carboxylic acids is 2. The third-order valence-electron chi connectivity index (χ3n) is 4.42. The molecule has 0 saturated carbocycles. The number of hydrogen-bond donors (Lipinski definition) is 0. The van der Waals surface area contributed by atoms with Crippen molar-refractivity contribution in [3.63, 3.8) is 0 Å². The predicted molar refractivity (Wildman–Crippen MR) is 123 cm³/mol. The topological polar surface area (TPSA) is 71.4 Å². The van der Waals surface area contributed by atoms with E-state index >= 15 is 0 Å². The second kappa shape index (κ2) is 9.54. The van der Waals surface area contributed by atoms with Crippen LogP contribution in [-0.2, 0) is 9.47 Å². The lowest BCUT2D eigenvalue weighted by Crippen LogP contribution is -2.40. The Morgan fingerprint density at radius 1 is 1.03 bits per heavy atom. The van der Waals surface area contributed by atoms with E-state index in [4.69, 9.17) is 9.47 Å². The number of benzene rings is 1. The van der Waals surface area contributed by atoms with Gasteiger partial charge in [0, 0.05) is 7.05 Å². The third kappa shape index (κ3) is 6.84. The Morgan fingerprint density at radius 3 is 2.13 bits per heavy atom. The second-order valence-corrected chi connectivity index (χ2v) is 9.60. The van der Waals surface area contributed by atoms with Crippen LogP contribution >= 0.6 is 0 Å². The minimum absolute atomic E-state index is 0.140. The SMILES string of the molecule is CCCC1/C(=C/c2ccccc2)N(C(=O)OC(C)(C)C)/C(=N/C(=O)OC(C)(C)C)N1C. The van der Waals surface area contributed by atoms with Crippen LogP contribution in [0.15, 0.2) is 41.0 Å². The summed E-state index contributed by atoms with van der Waals surface area (Å²) < 4.78 is 11.0. The van der Waals surface area contributed by atoms with Crippen LogP contribution in [0, 0.1) is 0 Å². The van der Waals surface area contributed by atoms with Crippen LogP contribution in [0.25, 0.3) is 6.08 Å². The molecule has 0 N–H and O–H groups in total. The van der Waals surface area contributed by atoms with E-state index in [-0.39, 0.29) is 12.0 Å². The van der Waals surface area contributed by atoms with Gasteiger partial charge in [-0.05, 0) is 59.6 Å². The average Bonchev–Trinajstić information content (AvgIpc) is 2.85. The number of carbonyl (C=O) groups is 2. The monoisotopic (exact) mass is 429 g/mol. The van der Waals surface area contributed by atoms with Crippen molar-refractivity contribution in [3.8, 4) is 0 Å². The Labute approximate surface area is 185 Å². The standard InChI is InChI=1S/C24H35N3O4/c1-9-13-18-19(16-17-14-11-10-12-15-17)27(22(29)31-24(5,6)7)20(26(18)8)25-21(28)30-23(2,3)4/h10-12,14-16,18H,9,13H2,1-8H3/b19-16-,25-20+. The molecule has 1 fully saturated rings. The summed E-state index contributed by atoms with van der Waals surface area (Å²) in [5.74, 6) is 0.198. The Kier molecular flexibility index (Phi) is 7.52. The third-order valence-corrected chi connectivity index (χ3v) is 4.42. The van der Waals surface area contributed by atoms with Crippen molar-refractivity contribution in [2.45, 2.75) is 78.6 Å². The molecule has 1 saturated heterocycles. The summed E-state index contributed by atoms with van der Waals surface area (Å²) in [7, 11) is 1.83. The zero-order valence-electron chi connectivity index (χ0n) is 19.9. The largest absolute Gasteiger partial charge is 0.443 e. The van der Waals surface area contributed by atoms with Crippen LogP contribution < -0.4 is 0 Å². The Hall–Kier alpha value is -2.83. The molecule has 2 amide bonds. The Balaban J connectivity index is 2.59. The first-order valence-electron chi connectivity index (χ1n) is 10.7. The summed E-state index contributed by atoms with van der Waals surface area (Å²) in [6, 6.07) is 9.60. The lowest BCUT2D eigenvalue weighted by molar-refractivity contribution is 0.0414. The van der Waals surface area contributed by atoms with Gasteiger partial charge in [-0.25, -0.2) is 14.5 Å². The first kappa shape index (κ1) is 24.4. The summed E-state index contributed by atoms with van der Waals surface area (Å²) in [4.78, 5) is 33.1. The van der Waals surface area contributed by atoms with Crippen LogP contribution in [-0.4, -0.2) is 52.2 Å². The molecule has 31 heavy (non-hydrogen) atoms. The molecule has 1 unspecified atom stereocenters. The molecule has 1 atom stereocenters. The van der Waals surface area contributed by atoms with E-state index in [1.165, 1.54) is 4.90 Å². The highest BCUT2D eigenvalue weighted by Crippen LogP contribution is 2.32. The van der Waals surface area contributed by atoms with E-state index in [9.17, 15) is 9.59 Å². The first-order valence-corrected chi connectivity index (χ1v) is 10.7. The minimum atomic E-state index is -0.751. The Bertz CT molecular complexity index is 848. The number of aliphatic imine (C=N–C) groups is 1. The maximum absolute atomic E-state index is 13.2. The fourth-order valence-electron chi connectivity index (χ4n) is 3.25. The van der Waals surface area contributed by atoms with E-state index in [1.807, 2.05) is 48.4 Å². The summed E-state index contributed by atoms with van der Waals surface area (Å²) in [5.41, 5.74) is 0.264. The van der Waals surface area contributed by atoms with Gasteiger partial charge in [-0.2, -0.15) is 0 Å². The lowest BCUT2D eigenvalue weighted by Gasteiger charge is -2.25. The quantitative estimate of drug-likeness (QED) is 0.619. The van der Waals surface area contributed by atoms with Crippen molar-refractivity contribution >= 4 is 24.2 Å². The zero-order valence-corrected chi connectivity index (χ0v) is 19.9. The number of hydrogen-bond acceptors (Lipinski definition) is 4. The second-order valence-electron chi connectivity index (χ2n) is 9.60. The van der Waals surface area contributed by atoms with Crippen molar-refractivity contribution in [1.82, 2.24) is 9.80 Å². The molecule has 0 radical (unpaired) electrons. The molecule has 7 nitrogen and oxygen atoms in total. The predicted octanol–water partition coefficient (Wildman–Crippen LogP) is 5.67. The number of amides is 2. The maximum atomic E-state index is 13.2. The van der Waals surface area contributed by atoms with Gasteiger partial charge >= 0.3 is 12.2 Å². The van der Waals surface area contributed by atoms with Gasteiger partial charge in [0.05, 0.1) is 11.7 Å². The van der Waals surface area contributed by atoms with Gasteiger partial charge in [0.2, 0.25) is 5.96 Å². The molecule has 0 bridgehead atoms. The maximum Gasteiger partial charge on any atom is 0.437 e. The molecule has 1 aliphatic rings. The fourth-order valence-corrected chi connectivity index (χ4v) is 3.25. The molecule has 1 heterocycles. The van der Waals surface area contributed by atoms with Gasteiger partial charge in [0.25, 0.3) is 0 Å². The van der Waals surface area contributed by atoms with Gasteiger partial charge in [-0.3, -0.25) is 0 Å². The highest BCUT2D eigenvalue weighted by Gasteiger charge is 2.43. The van der Waals surface area contributed by atoms with Crippen molar-refractivity contribution < 1.29 is 19.1 Å². The molecule has 0 aliphatic carbocycles. The average molecular weight is 430 g/mol. The van der Waals surface area contributed by atoms with E-state index in [2.05, 4.69) is 11.9 Å². The van der Waals surface area contributed by atoms with E-state index in [0.717, 1.165) is 18.4 Å². The van der Waals surface area contributed by atoms with Crippen LogP contribution in [0.1, 0.15) is 66.9 Å². The molecular formula is C24H35N3O4. The lowest BCUT2D eigenvalue weighted by atomic mass is 10.1. The normalized spacial score (nSPS) is 19.8. The van der Waals surface area contributed by atoms with Crippen molar-refractivity contribution in [1.29, 1.82) is 0 Å². The summed E-state index contributed by atoms with van der Waals surface area (Å²) in [6.07, 6.45) is 2.28. The zero-order chi connectivity index (χ0) is 23.4. The summed E-state index contributed by atoms with van der Waals surface area (Å²) in [6.45, 7) is 12.8. The van der Waals surface area contributed by atoms with Gasteiger partial charge in [0.1, 0.15) is 11.2 Å². The van der Waals surface area contributed by atoms with Crippen molar-refractivity contribution in [2.75, 3.05) is 7.05 Å². The minimum Gasteiger partial charge on any atom is -0.443 e. The summed E-state index contributed by atoms with van der Waals surface area (Å²) >= 11 is 0. The van der Waals surface area contributed by atoms with E-state index < -0.39 is 23.4 Å². The van der Waals surface area contributed by atoms with E-state index in [1.54, 1.807) is 41.5 Å². The van der Waals surface area contributed by atoms with Crippen molar-refractivity contribution in [3.05, 3.63) is 41.6 Å². The van der Waals surface area contributed by atoms with Gasteiger partial charge < -0.3 is 14.4 Å². The summed E-state index contributed by atoms with van der Waals surface area (Å²) in [5, 5.41) is 0. The molecule has 1 aliphatic heterocycles. The molecule has 170 valence electrons. The van der Waals surface area contributed by atoms with E-state index in [0.29, 0.717) is 5.70 Å². The van der Waals surface area contributed by atoms with Crippen LogP contribution in [0.2, 0.25) is 0 Å². The number of nitrogens with zero attached hydrogens (tertiary/aromatic N) is 3. The molecule has 0 spiro atoms. The smallest absolute Gasteiger partial charge is 0.437 e. The van der Waals surface area contributed by atoms with Gasteiger partial charge in [-0.1, -0.05) is 43.7 Å². The Morgan fingerprint density at radius 2 is 1.61 bits per heavy atom. The van der Waals surface area contributed by atoms with Crippen molar-refractivity contribution in [2.24, 2.45) is 4.99 Å². The van der Waals surface area contributed by atoms with Gasteiger partial charge in [-0.15, -0.1) is 4.99 Å². The molecule has 1 aromatic rings. The molecule has 0 aromatic heterocycles. The molecular weight excluding hydrogens is 394 g/mol. The highest BCUT2D eigenvalue weighted by molar-refractivity contribution is 6.03. The molecule has 2 rings (SSSR count). The number of rotatable bonds is 3. The van der Waals surface area contributed by atoms with Gasteiger partial charge in [0.15, 0.2) is 0 Å². The molecule has 1 aromatic carbocycles. The van der Waals surface area contributed by atoms with Crippen LogP contribution in [0.4, 0.5) is 9.59 Å². The highest BCUT2D eigenvalue weighted by atomic mass is 16.6. The fraction of sp³-hybridized carbons (Fsp3) is 0.542. The number of guanidine groups is 1. The van der Waals surface area contributed by atoms with Crippen LogP contribution in [0.3, 0.4) is 0 Å².